The molecular weight excluding hydrogens is 278 g/mol. The van der Waals surface area contributed by atoms with Gasteiger partial charge in [0.1, 0.15) is 0 Å². The molecule has 110 valence electrons. The van der Waals surface area contributed by atoms with Crippen LogP contribution in [0.5, 0.6) is 0 Å². The highest BCUT2D eigenvalue weighted by Gasteiger charge is 2.11. The Morgan fingerprint density at radius 1 is 1.40 bits per heavy atom. The molecule has 4 N–H and O–H groups in total. The van der Waals surface area contributed by atoms with Gasteiger partial charge >= 0.3 is 0 Å². The second kappa shape index (κ2) is 7.87. The van der Waals surface area contributed by atoms with Crippen LogP contribution in [0.15, 0.2) is 18.2 Å². The number of halogens is 1. The van der Waals surface area contributed by atoms with E-state index in [0.717, 1.165) is 5.56 Å². The third-order valence-electron chi connectivity index (χ3n) is 2.99. The molecule has 20 heavy (non-hydrogen) atoms. The van der Waals surface area contributed by atoms with Gasteiger partial charge < -0.3 is 16.4 Å². The SMILES string of the molecule is Cc1c(Cl)cccc1NC(=O)CCNC(=O)C(C)CN. The van der Waals surface area contributed by atoms with Crippen molar-refractivity contribution in [3.63, 3.8) is 0 Å². The molecule has 0 radical (unpaired) electrons. The first-order valence-electron chi connectivity index (χ1n) is 6.48. The minimum Gasteiger partial charge on any atom is -0.355 e. The molecule has 0 aliphatic heterocycles. The van der Waals surface area contributed by atoms with Gasteiger partial charge in [-0.25, -0.2) is 0 Å². The maximum Gasteiger partial charge on any atom is 0.226 e. The first-order valence-corrected chi connectivity index (χ1v) is 6.86. The predicted molar refractivity (Wildman–Crippen MR) is 80.7 cm³/mol. The number of anilines is 1. The van der Waals surface area contributed by atoms with E-state index in [-0.39, 0.29) is 30.7 Å². The van der Waals surface area contributed by atoms with E-state index in [0.29, 0.717) is 17.3 Å². The normalized spacial score (nSPS) is 11.8. The van der Waals surface area contributed by atoms with Crippen LogP contribution in [0.4, 0.5) is 5.69 Å². The highest BCUT2D eigenvalue weighted by atomic mass is 35.5. The number of nitrogens with one attached hydrogen (secondary N) is 2. The van der Waals surface area contributed by atoms with Crippen molar-refractivity contribution in [3.05, 3.63) is 28.8 Å². The molecule has 0 saturated carbocycles. The fraction of sp³-hybridized carbons (Fsp3) is 0.429. The highest BCUT2D eigenvalue weighted by Crippen LogP contribution is 2.22. The van der Waals surface area contributed by atoms with Gasteiger partial charge in [-0.15, -0.1) is 0 Å². The molecule has 0 saturated heterocycles. The Balaban J connectivity index is 2.41. The molecule has 2 amide bonds. The molecule has 0 fully saturated rings. The van der Waals surface area contributed by atoms with Crippen LogP contribution in [0.2, 0.25) is 5.02 Å². The number of benzene rings is 1. The average Bonchev–Trinajstić information content (AvgIpc) is 2.42. The highest BCUT2D eigenvalue weighted by molar-refractivity contribution is 6.31. The smallest absolute Gasteiger partial charge is 0.226 e. The Kier molecular flexibility index (Phi) is 6.48. The summed E-state index contributed by atoms with van der Waals surface area (Å²) in [5.74, 6) is -0.552. The van der Waals surface area contributed by atoms with Crippen molar-refractivity contribution in [1.82, 2.24) is 5.32 Å². The van der Waals surface area contributed by atoms with Crippen LogP contribution >= 0.6 is 11.6 Å². The summed E-state index contributed by atoms with van der Waals surface area (Å²) in [5, 5.41) is 6.04. The number of amides is 2. The molecule has 0 aromatic heterocycles. The number of nitrogens with two attached hydrogens (primary N) is 1. The summed E-state index contributed by atoms with van der Waals surface area (Å²) in [6, 6.07) is 5.32. The summed E-state index contributed by atoms with van der Waals surface area (Å²) >= 11 is 5.97. The molecule has 0 aliphatic rings. The summed E-state index contributed by atoms with van der Waals surface area (Å²) in [4.78, 5) is 23.2. The van der Waals surface area contributed by atoms with Crippen LogP contribution in [0.25, 0.3) is 0 Å². The van der Waals surface area contributed by atoms with Gasteiger partial charge in [0.05, 0.1) is 0 Å². The Bertz CT molecular complexity index is 491. The lowest BCUT2D eigenvalue weighted by Gasteiger charge is -2.11. The zero-order valence-electron chi connectivity index (χ0n) is 11.7. The lowest BCUT2D eigenvalue weighted by molar-refractivity contribution is -0.124. The summed E-state index contributed by atoms with van der Waals surface area (Å²) < 4.78 is 0. The largest absolute Gasteiger partial charge is 0.355 e. The van der Waals surface area contributed by atoms with Gasteiger partial charge in [-0.2, -0.15) is 0 Å². The molecule has 5 nitrogen and oxygen atoms in total. The molecule has 1 aromatic carbocycles. The van der Waals surface area contributed by atoms with E-state index in [4.69, 9.17) is 17.3 Å². The van der Waals surface area contributed by atoms with Crippen molar-refractivity contribution in [2.75, 3.05) is 18.4 Å². The third-order valence-corrected chi connectivity index (χ3v) is 3.40. The molecular formula is C14H20ClN3O2. The van der Waals surface area contributed by atoms with Crippen molar-refractivity contribution >= 4 is 29.1 Å². The number of hydrogen-bond acceptors (Lipinski definition) is 3. The molecule has 0 spiro atoms. The van der Waals surface area contributed by atoms with Crippen LogP contribution in [0.3, 0.4) is 0 Å². The van der Waals surface area contributed by atoms with Crippen molar-refractivity contribution in [2.45, 2.75) is 20.3 Å². The van der Waals surface area contributed by atoms with E-state index in [1.807, 2.05) is 6.92 Å². The van der Waals surface area contributed by atoms with Crippen LogP contribution in [-0.4, -0.2) is 24.9 Å². The third kappa shape index (κ3) is 4.83. The van der Waals surface area contributed by atoms with Crippen LogP contribution in [0.1, 0.15) is 18.9 Å². The van der Waals surface area contributed by atoms with E-state index < -0.39 is 0 Å². The summed E-state index contributed by atoms with van der Waals surface area (Å²) in [6.07, 6.45) is 0.203. The van der Waals surface area contributed by atoms with Crippen LogP contribution < -0.4 is 16.4 Å². The van der Waals surface area contributed by atoms with Gasteiger partial charge in [0.15, 0.2) is 0 Å². The minimum atomic E-state index is -0.242. The summed E-state index contributed by atoms with van der Waals surface area (Å²) in [5.41, 5.74) is 6.89. The zero-order chi connectivity index (χ0) is 15.1. The number of rotatable bonds is 6. The molecule has 0 bridgehead atoms. The van der Waals surface area contributed by atoms with Gasteiger partial charge in [-0.3, -0.25) is 9.59 Å². The fourth-order valence-electron chi connectivity index (χ4n) is 1.54. The van der Waals surface area contributed by atoms with E-state index in [1.165, 1.54) is 0 Å². The maximum atomic E-state index is 11.8. The summed E-state index contributed by atoms with van der Waals surface area (Å²) in [6.45, 7) is 4.15. The van der Waals surface area contributed by atoms with Crippen molar-refractivity contribution in [2.24, 2.45) is 11.7 Å². The van der Waals surface area contributed by atoms with Crippen LogP contribution in [-0.2, 0) is 9.59 Å². The Hall–Kier alpha value is -1.59. The van der Waals surface area contributed by atoms with Crippen molar-refractivity contribution in [3.8, 4) is 0 Å². The molecule has 0 heterocycles. The maximum absolute atomic E-state index is 11.8. The fourth-order valence-corrected chi connectivity index (χ4v) is 1.71. The van der Waals surface area contributed by atoms with E-state index in [1.54, 1.807) is 25.1 Å². The Labute approximate surface area is 123 Å². The number of carbonyl (C=O) groups excluding carboxylic acids is 2. The second-order valence-corrected chi connectivity index (χ2v) is 5.05. The lowest BCUT2D eigenvalue weighted by atomic mass is 10.1. The minimum absolute atomic E-state index is 0.140. The average molecular weight is 298 g/mol. The zero-order valence-corrected chi connectivity index (χ0v) is 12.5. The van der Waals surface area contributed by atoms with Crippen molar-refractivity contribution in [1.29, 1.82) is 0 Å². The standard InChI is InChI=1S/C14H20ClN3O2/c1-9(8-16)14(20)17-7-6-13(19)18-12-5-3-4-11(15)10(12)2/h3-5,9H,6-8,16H2,1-2H3,(H,17,20)(H,18,19). The van der Waals surface area contributed by atoms with Gasteiger partial charge in [0.25, 0.3) is 0 Å². The van der Waals surface area contributed by atoms with Gasteiger partial charge in [-0.1, -0.05) is 24.6 Å². The monoisotopic (exact) mass is 297 g/mol. The molecule has 0 aliphatic carbocycles. The van der Waals surface area contributed by atoms with E-state index >= 15 is 0 Å². The molecule has 1 unspecified atom stereocenters. The summed E-state index contributed by atoms with van der Waals surface area (Å²) in [7, 11) is 0. The predicted octanol–water partition coefficient (Wildman–Crippen LogP) is 1.69. The number of carbonyl (C=O) groups is 2. The molecule has 6 heteroatoms. The first-order chi connectivity index (χ1) is 9.45. The van der Waals surface area contributed by atoms with Gasteiger partial charge in [0, 0.05) is 36.1 Å². The second-order valence-electron chi connectivity index (χ2n) is 4.64. The quantitative estimate of drug-likeness (QED) is 0.747. The molecule has 1 atom stereocenters. The first kappa shape index (κ1) is 16.5. The topological polar surface area (TPSA) is 84.2 Å². The van der Waals surface area contributed by atoms with Crippen molar-refractivity contribution < 1.29 is 9.59 Å². The Morgan fingerprint density at radius 2 is 2.10 bits per heavy atom. The lowest BCUT2D eigenvalue weighted by Crippen LogP contribution is -2.35. The van der Waals surface area contributed by atoms with Gasteiger partial charge in [-0.05, 0) is 24.6 Å². The van der Waals surface area contributed by atoms with Gasteiger partial charge in [0.2, 0.25) is 11.8 Å². The van der Waals surface area contributed by atoms with E-state index in [9.17, 15) is 9.59 Å². The molecule has 1 rings (SSSR count). The Morgan fingerprint density at radius 3 is 2.75 bits per heavy atom. The number of hydrogen-bond donors (Lipinski definition) is 3. The molecule has 1 aromatic rings. The van der Waals surface area contributed by atoms with Crippen LogP contribution in [0, 0.1) is 12.8 Å². The van der Waals surface area contributed by atoms with E-state index in [2.05, 4.69) is 10.6 Å².